The van der Waals surface area contributed by atoms with Crippen LogP contribution in [0.15, 0.2) is 18.2 Å². The molecule has 106 valence electrons. The van der Waals surface area contributed by atoms with Crippen LogP contribution in [0.25, 0.3) is 0 Å². The predicted molar refractivity (Wildman–Crippen MR) is 79.6 cm³/mol. The van der Waals surface area contributed by atoms with Gasteiger partial charge in [-0.3, -0.25) is 4.90 Å². The minimum absolute atomic E-state index is 0.236. The van der Waals surface area contributed by atoms with Crippen LogP contribution in [0.3, 0.4) is 0 Å². The van der Waals surface area contributed by atoms with Crippen LogP contribution in [0.1, 0.15) is 29.7 Å². The van der Waals surface area contributed by atoms with Crippen molar-refractivity contribution in [3.63, 3.8) is 0 Å². The Bertz CT molecular complexity index is 399. The van der Waals surface area contributed by atoms with Gasteiger partial charge in [0.25, 0.3) is 0 Å². The van der Waals surface area contributed by atoms with Crippen LogP contribution >= 0.6 is 0 Å². The van der Waals surface area contributed by atoms with Crippen molar-refractivity contribution in [1.29, 1.82) is 0 Å². The minimum Gasteiger partial charge on any atom is -0.374 e. The topological polar surface area (TPSA) is 24.5 Å². The van der Waals surface area contributed by atoms with Gasteiger partial charge in [-0.2, -0.15) is 0 Å². The summed E-state index contributed by atoms with van der Waals surface area (Å²) in [5, 5.41) is 3.44. The van der Waals surface area contributed by atoms with Crippen molar-refractivity contribution in [2.45, 2.75) is 32.9 Å². The van der Waals surface area contributed by atoms with E-state index < -0.39 is 0 Å². The van der Waals surface area contributed by atoms with Crippen molar-refractivity contribution >= 4 is 0 Å². The molecule has 1 aliphatic heterocycles. The van der Waals surface area contributed by atoms with Crippen molar-refractivity contribution in [1.82, 2.24) is 10.2 Å². The zero-order chi connectivity index (χ0) is 13.8. The summed E-state index contributed by atoms with van der Waals surface area (Å²) in [5.74, 6) is 0. The lowest BCUT2D eigenvalue weighted by atomic mass is 9.96. The Labute approximate surface area is 116 Å². The molecule has 1 fully saturated rings. The Morgan fingerprint density at radius 3 is 2.58 bits per heavy atom. The molecule has 19 heavy (non-hydrogen) atoms. The van der Waals surface area contributed by atoms with Gasteiger partial charge in [-0.15, -0.1) is 0 Å². The van der Waals surface area contributed by atoms with E-state index >= 15 is 0 Å². The molecule has 0 bridgehead atoms. The fourth-order valence-electron chi connectivity index (χ4n) is 2.98. The Hall–Kier alpha value is -0.900. The number of benzene rings is 1. The molecule has 1 aromatic carbocycles. The van der Waals surface area contributed by atoms with Gasteiger partial charge < -0.3 is 10.1 Å². The molecule has 0 saturated carbocycles. The van der Waals surface area contributed by atoms with E-state index in [-0.39, 0.29) is 12.1 Å². The molecule has 1 saturated heterocycles. The van der Waals surface area contributed by atoms with Crippen LogP contribution in [0.5, 0.6) is 0 Å². The summed E-state index contributed by atoms with van der Waals surface area (Å²) < 4.78 is 5.99. The van der Waals surface area contributed by atoms with Crippen LogP contribution < -0.4 is 5.32 Å². The first-order valence-corrected chi connectivity index (χ1v) is 7.23. The average Bonchev–Trinajstić information content (AvgIpc) is 2.39. The Morgan fingerprint density at radius 1 is 1.32 bits per heavy atom. The van der Waals surface area contributed by atoms with Crippen LogP contribution in [0, 0.1) is 13.8 Å². The molecule has 1 aromatic rings. The van der Waals surface area contributed by atoms with Crippen molar-refractivity contribution in [2.24, 2.45) is 0 Å². The smallest absolute Gasteiger partial charge is 0.0896 e. The number of hydrogen-bond acceptors (Lipinski definition) is 3. The number of nitrogens with one attached hydrogen (secondary N) is 1. The fraction of sp³-hybridized carbons (Fsp3) is 0.625. The second-order valence-corrected chi connectivity index (χ2v) is 5.49. The molecule has 2 unspecified atom stereocenters. The molecule has 1 N–H and O–H groups in total. The minimum atomic E-state index is 0.236. The SMILES string of the molecule is CCN1CCOC(C(NC)c2cc(C)cc(C)c2)C1. The van der Waals surface area contributed by atoms with E-state index in [0.717, 1.165) is 26.2 Å². The molecule has 2 atom stereocenters. The highest BCUT2D eigenvalue weighted by Crippen LogP contribution is 2.24. The molecule has 0 aliphatic carbocycles. The second-order valence-electron chi connectivity index (χ2n) is 5.49. The maximum Gasteiger partial charge on any atom is 0.0896 e. The summed E-state index contributed by atoms with van der Waals surface area (Å²) in [6.07, 6.45) is 0.236. The van der Waals surface area contributed by atoms with Gasteiger partial charge in [-0.1, -0.05) is 36.2 Å². The van der Waals surface area contributed by atoms with Crippen molar-refractivity contribution < 1.29 is 4.74 Å². The Morgan fingerprint density at radius 2 is 2.00 bits per heavy atom. The van der Waals surface area contributed by atoms with Gasteiger partial charge in [-0.05, 0) is 33.0 Å². The van der Waals surface area contributed by atoms with Crippen molar-refractivity contribution in [3.8, 4) is 0 Å². The van der Waals surface area contributed by atoms with E-state index in [9.17, 15) is 0 Å². The number of morpholine rings is 1. The van der Waals surface area contributed by atoms with Gasteiger partial charge in [0.05, 0.1) is 18.8 Å². The van der Waals surface area contributed by atoms with E-state index in [4.69, 9.17) is 4.74 Å². The predicted octanol–water partition coefficient (Wildman–Crippen LogP) is 2.28. The molecule has 1 heterocycles. The zero-order valence-corrected chi connectivity index (χ0v) is 12.6. The number of hydrogen-bond donors (Lipinski definition) is 1. The van der Waals surface area contributed by atoms with Crippen LogP contribution in [-0.4, -0.2) is 44.3 Å². The number of rotatable bonds is 4. The highest BCUT2D eigenvalue weighted by molar-refractivity contribution is 5.31. The molecule has 3 nitrogen and oxygen atoms in total. The molecular formula is C16H26N2O. The van der Waals surface area contributed by atoms with E-state index in [1.54, 1.807) is 0 Å². The quantitative estimate of drug-likeness (QED) is 0.901. The van der Waals surface area contributed by atoms with Gasteiger partial charge in [-0.25, -0.2) is 0 Å². The second kappa shape index (κ2) is 6.51. The molecule has 3 heteroatoms. The molecule has 0 spiro atoms. The van der Waals surface area contributed by atoms with Gasteiger partial charge in [0, 0.05) is 13.1 Å². The third kappa shape index (κ3) is 3.56. The molecule has 0 radical (unpaired) electrons. The highest BCUT2D eigenvalue weighted by atomic mass is 16.5. The van der Waals surface area contributed by atoms with E-state index in [0.29, 0.717) is 0 Å². The number of aryl methyl sites for hydroxylation is 2. The third-order valence-electron chi connectivity index (χ3n) is 3.91. The number of ether oxygens (including phenoxy) is 1. The maximum absolute atomic E-state index is 5.99. The lowest BCUT2D eigenvalue weighted by Crippen LogP contribution is -2.47. The maximum atomic E-state index is 5.99. The van der Waals surface area contributed by atoms with Gasteiger partial charge in [0.2, 0.25) is 0 Å². The zero-order valence-electron chi connectivity index (χ0n) is 12.6. The molecule has 2 rings (SSSR count). The number of nitrogens with zero attached hydrogens (tertiary/aromatic N) is 1. The molecular weight excluding hydrogens is 236 g/mol. The normalized spacial score (nSPS) is 22.4. The monoisotopic (exact) mass is 262 g/mol. The van der Waals surface area contributed by atoms with Gasteiger partial charge in [0.1, 0.15) is 0 Å². The van der Waals surface area contributed by atoms with E-state index in [1.165, 1.54) is 16.7 Å². The molecule has 0 amide bonds. The molecule has 1 aliphatic rings. The van der Waals surface area contributed by atoms with Gasteiger partial charge in [0.15, 0.2) is 0 Å². The lowest BCUT2D eigenvalue weighted by Gasteiger charge is -2.36. The first-order valence-electron chi connectivity index (χ1n) is 7.23. The fourth-order valence-corrected chi connectivity index (χ4v) is 2.98. The summed E-state index contributed by atoms with van der Waals surface area (Å²) in [4.78, 5) is 2.46. The van der Waals surface area contributed by atoms with Crippen LogP contribution in [-0.2, 0) is 4.74 Å². The van der Waals surface area contributed by atoms with E-state index in [2.05, 4.69) is 49.2 Å². The summed E-state index contributed by atoms with van der Waals surface area (Å²) in [6, 6.07) is 7.02. The first-order chi connectivity index (χ1) is 9.13. The Balaban J connectivity index is 2.18. The lowest BCUT2D eigenvalue weighted by molar-refractivity contribution is -0.0444. The molecule has 0 aromatic heterocycles. The number of likely N-dealkylation sites (N-methyl/N-ethyl adjacent to an activating group) is 2. The Kier molecular flexibility index (Phi) is 4.97. The first kappa shape index (κ1) is 14.5. The summed E-state index contributed by atoms with van der Waals surface area (Å²) in [6.45, 7) is 10.5. The highest BCUT2D eigenvalue weighted by Gasteiger charge is 2.27. The standard InChI is InChI=1S/C16H26N2O/c1-5-18-6-7-19-15(11-18)16(17-4)14-9-12(2)8-13(3)10-14/h8-10,15-17H,5-7,11H2,1-4H3. The summed E-state index contributed by atoms with van der Waals surface area (Å²) in [5.41, 5.74) is 3.97. The average molecular weight is 262 g/mol. The van der Waals surface area contributed by atoms with Crippen molar-refractivity contribution in [3.05, 3.63) is 34.9 Å². The summed E-state index contributed by atoms with van der Waals surface area (Å²) in [7, 11) is 2.02. The van der Waals surface area contributed by atoms with Crippen LogP contribution in [0.4, 0.5) is 0 Å². The van der Waals surface area contributed by atoms with E-state index in [1.807, 2.05) is 7.05 Å². The largest absolute Gasteiger partial charge is 0.374 e. The summed E-state index contributed by atoms with van der Waals surface area (Å²) >= 11 is 0. The van der Waals surface area contributed by atoms with Crippen LogP contribution in [0.2, 0.25) is 0 Å². The third-order valence-corrected chi connectivity index (χ3v) is 3.91. The van der Waals surface area contributed by atoms with Gasteiger partial charge >= 0.3 is 0 Å². The van der Waals surface area contributed by atoms with Crippen molar-refractivity contribution in [2.75, 3.05) is 33.3 Å².